The van der Waals surface area contributed by atoms with Crippen molar-refractivity contribution in [2.45, 2.75) is 46.6 Å². The summed E-state index contributed by atoms with van der Waals surface area (Å²) in [6.45, 7) is 12.1. The topological polar surface area (TPSA) is 24.9 Å². The molecular weight excluding hydrogens is 204 g/mol. The highest BCUT2D eigenvalue weighted by Crippen LogP contribution is 2.31. The number of nitrogens with zero attached hydrogens (tertiary/aromatic N) is 1. The highest BCUT2D eigenvalue weighted by atomic mass is 32.1. The third-order valence-corrected chi connectivity index (χ3v) is 4.16. The zero-order valence-corrected chi connectivity index (χ0v) is 11.2. The van der Waals surface area contributed by atoms with Crippen LogP contribution in [0.2, 0.25) is 0 Å². The number of aromatic nitrogens is 1. The first-order valence-electron chi connectivity index (χ1n) is 5.68. The van der Waals surface area contributed by atoms with Gasteiger partial charge in [-0.25, -0.2) is 4.98 Å². The number of thiazole rings is 1. The second kappa shape index (κ2) is 5.08. The molecule has 0 saturated heterocycles. The van der Waals surface area contributed by atoms with Crippen LogP contribution in [0.25, 0.3) is 0 Å². The van der Waals surface area contributed by atoms with Gasteiger partial charge in [0.15, 0.2) is 0 Å². The average Bonchev–Trinajstić information content (AvgIpc) is 2.61. The summed E-state index contributed by atoms with van der Waals surface area (Å²) >= 11 is 1.76. The largest absolute Gasteiger partial charge is 0.305 e. The van der Waals surface area contributed by atoms with E-state index >= 15 is 0 Å². The van der Waals surface area contributed by atoms with Crippen molar-refractivity contribution >= 4 is 11.3 Å². The lowest BCUT2D eigenvalue weighted by Crippen LogP contribution is -2.44. The summed E-state index contributed by atoms with van der Waals surface area (Å²) in [6.07, 6.45) is 1.16. The summed E-state index contributed by atoms with van der Waals surface area (Å²) in [6, 6.07) is 0. The maximum Gasteiger partial charge on any atom is 0.113 e. The zero-order valence-electron chi connectivity index (χ0n) is 10.4. The van der Waals surface area contributed by atoms with Crippen LogP contribution in [0.1, 0.15) is 44.8 Å². The Bertz CT molecular complexity index is 306. The van der Waals surface area contributed by atoms with E-state index in [2.05, 4.69) is 50.3 Å². The summed E-state index contributed by atoms with van der Waals surface area (Å²) in [5, 5.41) is 6.96. The molecule has 0 aliphatic carbocycles. The summed E-state index contributed by atoms with van der Waals surface area (Å²) in [5.41, 5.74) is 1.15. The second-order valence-electron chi connectivity index (χ2n) is 4.58. The van der Waals surface area contributed by atoms with E-state index in [9.17, 15) is 0 Å². The molecule has 1 aromatic heterocycles. The Labute approximate surface area is 97.1 Å². The van der Waals surface area contributed by atoms with Crippen LogP contribution in [0.4, 0.5) is 0 Å². The normalized spacial score (nSPS) is 15.6. The molecule has 1 rings (SSSR count). The van der Waals surface area contributed by atoms with E-state index in [1.54, 1.807) is 11.3 Å². The van der Waals surface area contributed by atoms with Crippen LogP contribution in [-0.2, 0) is 5.54 Å². The van der Waals surface area contributed by atoms with Gasteiger partial charge in [-0.15, -0.1) is 11.3 Å². The molecule has 0 saturated carbocycles. The third-order valence-electron chi connectivity index (χ3n) is 2.96. The van der Waals surface area contributed by atoms with Gasteiger partial charge >= 0.3 is 0 Å². The molecule has 0 aliphatic heterocycles. The SMILES string of the molecule is CCCNC(C)(c1nc(C)cs1)C(C)C. The van der Waals surface area contributed by atoms with E-state index in [1.807, 2.05) is 0 Å². The molecular formula is C12H22N2S. The van der Waals surface area contributed by atoms with E-state index < -0.39 is 0 Å². The first-order valence-corrected chi connectivity index (χ1v) is 6.56. The second-order valence-corrected chi connectivity index (χ2v) is 5.44. The van der Waals surface area contributed by atoms with Crippen LogP contribution >= 0.6 is 11.3 Å². The van der Waals surface area contributed by atoms with Crippen LogP contribution in [0.3, 0.4) is 0 Å². The van der Waals surface area contributed by atoms with Crippen LogP contribution < -0.4 is 5.32 Å². The molecule has 0 spiro atoms. The molecule has 1 N–H and O–H groups in total. The fourth-order valence-electron chi connectivity index (χ4n) is 1.50. The Hall–Kier alpha value is -0.410. The molecule has 0 aromatic carbocycles. The van der Waals surface area contributed by atoms with Crippen LogP contribution in [-0.4, -0.2) is 11.5 Å². The summed E-state index contributed by atoms with van der Waals surface area (Å²) in [4.78, 5) is 4.61. The third kappa shape index (κ3) is 2.79. The number of hydrogen-bond acceptors (Lipinski definition) is 3. The number of nitrogens with one attached hydrogen (secondary N) is 1. The quantitative estimate of drug-likeness (QED) is 0.833. The lowest BCUT2D eigenvalue weighted by Gasteiger charge is -2.33. The van der Waals surface area contributed by atoms with Crippen molar-refractivity contribution in [1.82, 2.24) is 10.3 Å². The Morgan fingerprint density at radius 2 is 2.20 bits per heavy atom. The van der Waals surface area contributed by atoms with E-state index in [0.29, 0.717) is 5.92 Å². The zero-order chi connectivity index (χ0) is 11.5. The Morgan fingerprint density at radius 1 is 1.53 bits per heavy atom. The van der Waals surface area contributed by atoms with Gasteiger partial charge < -0.3 is 5.32 Å². The van der Waals surface area contributed by atoms with Gasteiger partial charge in [0.25, 0.3) is 0 Å². The molecule has 1 heterocycles. The molecule has 86 valence electrons. The van der Waals surface area contributed by atoms with Gasteiger partial charge in [-0.2, -0.15) is 0 Å². The summed E-state index contributed by atoms with van der Waals surface area (Å²) < 4.78 is 0. The molecule has 15 heavy (non-hydrogen) atoms. The Kier molecular flexibility index (Phi) is 4.29. The van der Waals surface area contributed by atoms with Gasteiger partial charge in [-0.3, -0.25) is 0 Å². The fraction of sp³-hybridized carbons (Fsp3) is 0.750. The van der Waals surface area contributed by atoms with Gasteiger partial charge in [-0.1, -0.05) is 20.8 Å². The van der Waals surface area contributed by atoms with Crippen molar-refractivity contribution in [2.75, 3.05) is 6.54 Å². The minimum absolute atomic E-state index is 0.0228. The van der Waals surface area contributed by atoms with E-state index in [-0.39, 0.29) is 5.54 Å². The van der Waals surface area contributed by atoms with Crippen molar-refractivity contribution in [3.63, 3.8) is 0 Å². The van der Waals surface area contributed by atoms with Crippen molar-refractivity contribution in [1.29, 1.82) is 0 Å². The van der Waals surface area contributed by atoms with Gasteiger partial charge in [0.05, 0.1) is 5.54 Å². The summed E-state index contributed by atoms with van der Waals surface area (Å²) in [7, 11) is 0. The van der Waals surface area contributed by atoms with Crippen molar-refractivity contribution in [2.24, 2.45) is 5.92 Å². The average molecular weight is 226 g/mol. The number of hydrogen-bond donors (Lipinski definition) is 1. The molecule has 0 fully saturated rings. The fourth-order valence-corrected chi connectivity index (χ4v) is 2.59. The maximum atomic E-state index is 4.61. The molecule has 1 unspecified atom stereocenters. The molecule has 0 amide bonds. The number of rotatable bonds is 5. The van der Waals surface area contributed by atoms with Gasteiger partial charge in [-0.05, 0) is 32.7 Å². The smallest absolute Gasteiger partial charge is 0.113 e. The first kappa shape index (κ1) is 12.7. The highest BCUT2D eigenvalue weighted by molar-refractivity contribution is 7.09. The van der Waals surface area contributed by atoms with Gasteiger partial charge in [0.1, 0.15) is 5.01 Å². The van der Waals surface area contributed by atoms with Gasteiger partial charge in [0, 0.05) is 11.1 Å². The monoisotopic (exact) mass is 226 g/mol. The first-order chi connectivity index (χ1) is 7.00. The molecule has 0 radical (unpaired) electrons. The van der Waals surface area contributed by atoms with E-state index in [4.69, 9.17) is 0 Å². The minimum Gasteiger partial charge on any atom is -0.305 e. The van der Waals surface area contributed by atoms with E-state index in [1.165, 1.54) is 5.01 Å². The van der Waals surface area contributed by atoms with Crippen LogP contribution in [0.15, 0.2) is 5.38 Å². The lowest BCUT2D eigenvalue weighted by molar-refractivity contribution is 0.265. The molecule has 0 bridgehead atoms. The minimum atomic E-state index is 0.0228. The van der Waals surface area contributed by atoms with Crippen LogP contribution in [0, 0.1) is 12.8 Å². The Morgan fingerprint density at radius 3 is 2.60 bits per heavy atom. The highest BCUT2D eigenvalue weighted by Gasteiger charge is 2.32. The molecule has 1 aromatic rings. The Balaban J connectivity index is 2.90. The van der Waals surface area contributed by atoms with Crippen LogP contribution in [0.5, 0.6) is 0 Å². The predicted molar refractivity (Wildman–Crippen MR) is 67.3 cm³/mol. The molecule has 3 heteroatoms. The predicted octanol–water partition coefficient (Wildman–Crippen LogP) is 3.32. The van der Waals surface area contributed by atoms with Gasteiger partial charge in [0.2, 0.25) is 0 Å². The van der Waals surface area contributed by atoms with E-state index in [0.717, 1.165) is 18.7 Å². The molecule has 0 aliphatic rings. The standard InChI is InChI=1S/C12H22N2S/c1-6-7-13-12(5,9(2)3)11-14-10(4)8-15-11/h8-9,13H,6-7H2,1-5H3. The molecule has 2 nitrogen and oxygen atoms in total. The maximum absolute atomic E-state index is 4.61. The van der Waals surface area contributed by atoms with Crippen molar-refractivity contribution in [3.8, 4) is 0 Å². The lowest BCUT2D eigenvalue weighted by atomic mass is 9.89. The van der Waals surface area contributed by atoms with Crippen molar-refractivity contribution < 1.29 is 0 Å². The molecule has 1 atom stereocenters. The van der Waals surface area contributed by atoms with Crippen molar-refractivity contribution in [3.05, 3.63) is 16.1 Å². The summed E-state index contributed by atoms with van der Waals surface area (Å²) in [5.74, 6) is 0.551. The number of aryl methyl sites for hydroxylation is 1.